The van der Waals surface area contributed by atoms with Crippen LogP contribution in [0.3, 0.4) is 0 Å². The minimum Gasteiger partial charge on any atom is -0.392 e. The fourth-order valence-corrected chi connectivity index (χ4v) is 2.47. The van der Waals surface area contributed by atoms with Crippen LogP contribution in [-0.2, 0) is 9.47 Å². The van der Waals surface area contributed by atoms with Gasteiger partial charge >= 0.3 is 0 Å². The Hall–Kier alpha value is -0.380. The first-order valence-electron chi connectivity index (χ1n) is 4.21. The molecule has 3 heteroatoms. The summed E-state index contributed by atoms with van der Waals surface area (Å²) in [6, 6.07) is 0. The number of fused-ring (bicyclic) bond motifs is 2. The highest BCUT2D eigenvalue weighted by Crippen LogP contribution is 2.49. The molecule has 0 unspecified atom stereocenters. The van der Waals surface area contributed by atoms with E-state index in [1.165, 1.54) is 0 Å². The van der Waals surface area contributed by atoms with Gasteiger partial charge in [-0.2, -0.15) is 0 Å². The molecule has 2 aliphatic rings. The van der Waals surface area contributed by atoms with E-state index in [0.717, 1.165) is 6.42 Å². The fourth-order valence-electron chi connectivity index (χ4n) is 2.47. The zero-order chi connectivity index (χ0) is 8.77. The van der Waals surface area contributed by atoms with Gasteiger partial charge in [-0.3, -0.25) is 0 Å². The van der Waals surface area contributed by atoms with Crippen LogP contribution in [0.25, 0.3) is 0 Å². The molecule has 1 fully saturated rings. The van der Waals surface area contributed by atoms with Gasteiger partial charge in [0.2, 0.25) is 0 Å². The van der Waals surface area contributed by atoms with Crippen LogP contribution in [0.15, 0.2) is 12.2 Å². The smallest absolute Gasteiger partial charge is 0.182 e. The van der Waals surface area contributed by atoms with Crippen LogP contribution in [0.4, 0.5) is 0 Å². The average Bonchev–Trinajstić information content (AvgIpc) is 2.56. The van der Waals surface area contributed by atoms with Crippen molar-refractivity contribution in [2.24, 2.45) is 11.8 Å². The van der Waals surface area contributed by atoms with Crippen molar-refractivity contribution in [2.45, 2.75) is 18.3 Å². The molecule has 2 rings (SSSR count). The molecule has 0 aromatic rings. The summed E-state index contributed by atoms with van der Waals surface area (Å²) >= 11 is 0. The molecule has 0 saturated heterocycles. The molecule has 3 nitrogen and oxygen atoms in total. The summed E-state index contributed by atoms with van der Waals surface area (Å²) in [5, 5.41) is 9.61. The van der Waals surface area contributed by atoms with Gasteiger partial charge in [0.15, 0.2) is 5.79 Å². The Morgan fingerprint density at radius 1 is 1.33 bits per heavy atom. The molecule has 2 aliphatic carbocycles. The molecular weight excluding hydrogens is 156 g/mol. The number of methoxy groups -OCH3 is 2. The van der Waals surface area contributed by atoms with Gasteiger partial charge in [-0.05, 0) is 6.42 Å². The van der Waals surface area contributed by atoms with E-state index in [4.69, 9.17) is 9.47 Å². The quantitative estimate of drug-likeness (QED) is 0.485. The number of ether oxygens (including phenoxy) is 2. The molecule has 2 bridgehead atoms. The normalized spacial score (nSPS) is 42.4. The van der Waals surface area contributed by atoms with Crippen LogP contribution < -0.4 is 0 Å². The number of rotatable bonds is 2. The van der Waals surface area contributed by atoms with Gasteiger partial charge in [0.25, 0.3) is 0 Å². The summed E-state index contributed by atoms with van der Waals surface area (Å²) in [5.41, 5.74) is 0. The SMILES string of the molecule is COC1(OC)[C@H]2C=C[C@H]1[C@H](O)C2. The Balaban J connectivity index is 2.30. The molecule has 12 heavy (non-hydrogen) atoms. The van der Waals surface area contributed by atoms with E-state index in [1.807, 2.05) is 6.08 Å². The highest BCUT2D eigenvalue weighted by atomic mass is 16.7. The standard InChI is InChI=1S/C9H14O3/c1-11-9(12-2)6-3-4-7(9)8(10)5-6/h3-4,6-8,10H,5H2,1-2H3/t6-,7-,8+/m0/s1. The van der Waals surface area contributed by atoms with Gasteiger partial charge in [-0.25, -0.2) is 0 Å². The Labute approximate surface area is 72.0 Å². The van der Waals surface area contributed by atoms with E-state index in [0.29, 0.717) is 0 Å². The Bertz CT molecular complexity index is 208. The van der Waals surface area contributed by atoms with E-state index >= 15 is 0 Å². The predicted molar refractivity (Wildman–Crippen MR) is 43.5 cm³/mol. The van der Waals surface area contributed by atoms with Crippen LogP contribution in [0.5, 0.6) is 0 Å². The number of aliphatic hydroxyl groups excluding tert-OH is 1. The van der Waals surface area contributed by atoms with E-state index in [2.05, 4.69) is 6.08 Å². The lowest BCUT2D eigenvalue weighted by Crippen LogP contribution is -2.41. The molecular formula is C9H14O3. The third-order valence-corrected chi connectivity index (χ3v) is 3.08. The second-order valence-corrected chi connectivity index (χ2v) is 3.45. The van der Waals surface area contributed by atoms with Gasteiger partial charge < -0.3 is 14.6 Å². The maximum Gasteiger partial charge on any atom is 0.182 e. The van der Waals surface area contributed by atoms with Gasteiger partial charge in [0, 0.05) is 20.1 Å². The van der Waals surface area contributed by atoms with E-state index in [1.54, 1.807) is 14.2 Å². The predicted octanol–water partition coefficient (Wildman–Crippen LogP) is 0.542. The molecule has 0 spiro atoms. The zero-order valence-corrected chi connectivity index (χ0v) is 7.36. The van der Waals surface area contributed by atoms with E-state index < -0.39 is 5.79 Å². The highest BCUT2D eigenvalue weighted by molar-refractivity contribution is 5.20. The lowest BCUT2D eigenvalue weighted by atomic mass is 10.0. The van der Waals surface area contributed by atoms with E-state index in [9.17, 15) is 5.11 Å². The van der Waals surface area contributed by atoms with Crippen molar-refractivity contribution >= 4 is 0 Å². The number of hydrogen-bond acceptors (Lipinski definition) is 3. The molecule has 0 heterocycles. The Kier molecular flexibility index (Phi) is 1.75. The Morgan fingerprint density at radius 3 is 2.25 bits per heavy atom. The average molecular weight is 170 g/mol. The molecule has 0 radical (unpaired) electrons. The van der Waals surface area contributed by atoms with Crippen LogP contribution >= 0.6 is 0 Å². The van der Waals surface area contributed by atoms with Crippen molar-refractivity contribution < 1.29 is 14.6 Å². The van der Waals surface area contributed by atoms with Crippen LogP contribution in [0.2, 0.25) is 0 Å². The fraction of sp³-hybridized carbons (Fsp3) is 0.778. The molecule has 0 aromatic carbocycles. The van der Waals surface area contributed by atoms with Crippen molar-refractivity contribution in [3.8, 4) is 0 Å². The lowest BCUT2D eigenvalue weighted by molar-refractivity contribution is -0.234. The summed E-state index contributed by atoms with van der Waals surface area (Å²) < 4.78 is 10.7. The summed E-state index contributed by atoms with van der Waals surface area (Å²) in [4.78, 5) is 0. The Morgan fingerprint density at radius 2 is 2.00 bits per heavy atom. The summed E-state index contributed by atoms with van der Waals surface area (Å²) in [5.74, 6) is -0.357. The maximum absolute atomic E-state index is 9.61. The minimum absolute atomic E-state index is 0.0116. The van der Waals surface area contributed by atoms with Gasteiger partial charge in [-0.15, -0.1) is 0 Å². The first-order valence-corrected chi connectivity index (χ1v) is 4.21. The van der Waals surface area contributed by atoms with Crippen LogP contribution in [0, 0.1) is 11.8 Å². The van der Waals surface area contributed by atoms with Gasteiger partial charge in [0.1, 0.15) is 0 Å². The lowest BCUT2D eigenvalue weighted by Gasteiger charge is -2.31. The zero-order valence-electron chi connectivity index (χ0n) is 7.36. The van der Waals surface area contributed by atoms with Crippen molar-refractivity contribution in [2.75, 3.05) is 14.2 Å². The number of hydrogen-bond donors (Lipinski definition) is 1. The largest absolute Gasteiger partial charge is 0.392 e. The van der Waals surface area contributed by atoms with Crippen molar-refractivity contribution in [3.05, 3.63) is 12.2 Å². The molecule has 1 N–H and O–H groups in total. The first kappa shape index (κ1) is 8.23. The minimum atomic E-state index is -0.584. The molecule has 0 amide bonds. The molecule has 1 saturated carbocycles. The molecule has 0 aromatic heterocycles. The second kappa shape index (κ2) is 2.55. The number of aliphatic hydroxyl groups is 1. The van der Waals surface area contributed by atoms with E-state index in [-0.39, 0.29) is 17.9 Å². The monoisotopic (exact) mass is 170 g/mol. The van der Waals surface area contributed by atoms with Crippen molar-refractivity contribution in [1.29, 1.82) is 0 Å². The maximum atomic E-state index is 9.61. The highest BCUT2D eigenvalue weighted by Gasteiger charge is 2.57. The summed E-state index contributed by atoms with van der Waals surface area (Å²) in [7, 11) is 3.27. The van der Waals surface area contributed by atoms with Crippen molar-refractivity contribution in [1.82, 2.24) is 0 Å². The van der Waals surface area contributed by atoms with Crippen LogP contribution in [-0.4, -0.2) is 31.2 Å². The van der Waals surface area contributed by atoms with Gasteiger partial charge in [0.05, 0.1) is 12.0 Å². The van der Waals surface area contributed by atoms with Crippen LogP contribution in [0.1, 0.15) is 6.42 Å². The molecule has 68 valence electrons. The van der Waals surface area contributed by atoms with Gasteiger partial charge in [-0.1, -0.05) is 12.2 Å². The third-order valence-electron chi connectivity index (χ3n) is 3.08. The summed E-state index contributed by atoms with van der Waals surface area (Å²) in [6.07, 6.45) is 4.51. The molecule has 0 aliphatic heterocycles. The summed E-state index contributed by atoms with van der Waals surface area (Å²) in [6.45, 7) is 0. The van der Waals surface area contributed by atoms with Crippen molar-refractivity contribution in [3.63, 3.8) is 0 Å². The first-order chi connectivity index (χ1) is 5.74. The second-order valence-electron chi connectivity index (χ2n) is 3.45. The molecule has 3 atom stereocenters. The third kappa shape index (κ3) is 0.762. The topological polar surface area (TPSA) is 38.7 Å².